The molecule has 1 aromatic rings. The lowest BCUT2D eigenvalue weighted by Gasteiger charge is -2.39. The van der Waals surface area contributed by atoms with Gasteiger partial charge in [-0.25, -0.2) is 8.78 Å². The summed E-state index contributed by atoms with van der Waals surface area (Å²) in [7, 11) is 0. The zero-order valence-corrected chi connectivity index (χ0v) is 10.1. The van der Waals surface area contributed by atoms with Crippen molar-refractivity contribution in [3.05, 3.63) is 35.4 Å². The minimum Gasteiger partial charge on any atom is -0.365 e. The molecule has 0 aliphatic carbocycles. The molecule has 1 heterocycles. The van der Waals surface area contributed by atoms with Crippen LogP contribution in [-0.4, -0.2) is 18.7 Å². The Hall–Kier alpha value is -1.00. The van der Waals surface area contributed by atoms with Crippen LogP contribution in [0.25, 0.3) is 0 Å². The average molecular weight is 241 g/mol. The minimum absolute atomic E-state index is 0.288. The second-order valence-electron chi connectivity index (χ2n) is 4.71. The molecule has 1 aliphatic heterocycles. The van der Waals surface area contributed by atoms with Crippen LogP contribution in [0, 0.1) is 11.6 Å². The molecular weight excluding hydrogens is 224 g/mol. The van der Waals surface area contributed by atoms with Gasteiger partial charge in [0.15, 0.2) is 0 Å². The van der Waals surface area contributed by atoms with Crippen molar-refractivity contribution >= 4 is 0 Å². The Morgan fingerprint density at radius 1 is 1.47 bits per heavy atom. The van der Waals surface area contributed by atoms with E-state index in [9.17, 15) is 8.78 Å². The molecule has 2 unspecified atom stereocenters. The summed E-state index contributed by atoms with van der Waals surface area (Å²) in [6.45, 7) is 5.33. The Kier molecular flexibility index (Phi) is 3.45. The van der Waals surface area contributed by atoms with E-state index in [0.717, 1.165) is 19.0 Å². The highest BCUT2D eigenvalue weighted by atomic mass is 19.1. The molecule has 4 heteroatoms. The van der Waals surface area contributed by atoms with Gasteiger partial charge in [-0.2, -0.15) is 0 Å². The average Bonchev–Trinajstić information content (AvgIpc) is 2.29. The summed E-state index contributed by atoms with van der Waals surface area (Å²) < 4.78 is 32.4. The molecule has 0 radical (unpaired) electrons. The van der Waals surface area contributed by atoms with Crippen molar-refractivity contribution in [1.82, 2.24) is 5.32 Å². The molecule has 2 rings (SSSR count). The number of hydrogen-bond donors (Lipinski definition) is 1. The standard InChI is InChI=1S/C13H17F2NO/c1-3-13(2)8-16-7-12(17-13)10-5-4-9(14)6-11(10)15/h4-6,12,16H,3,7-8H2,1-2H3. The molecule has 1 fully saturated rings. The molecule has 0 bridgehead atoms. The Bertz CT molecular complexity index is 410. The second kappa shape index (κ2) is 4.70. The predicted octanol–water partition coefficient (Wildman–Crippen LogP) is 2.79. The summed E-state index contributed by atoms with van der Waals surface area (Å²) in [5, 5.41) is 3.23. The summed E-state index contributed by atoms with van der Waals surface area (Å²) in [4.78, 5) is 0. The first-order valence-electron chi connectivity index (χ1n) is 5.87. The maximum Gasteiger partial charge on any atom is 0.131 e. The molecule has 17 heavy (non-hydrogen) atoms. The molecule has 0 aromatic heterocycles. The number of halogens is 2. The molecule has 1 N–H and O–H groups in total. The molecule has 0 amide bonds. The van der Waals surface area contributed by atoms with Crippen molar-refractivity contribution in [2.24, 2.45) is 0 Å². The fourth-order valence-corrected chi connectivity index (χ4v) is 2.04. The van der Waals surface area contributed by atoms with E-state index in [1.54, 1.807) is 0 Å². The highest BCUT2D eigenvalue weighted by molar-refractivity contribution is 5.22. The number of ether oxygens (including phenoxy) is 1. The lowest BCUT2D eigenvalue weighted by Crippen LogP contribution is -2.48. The number of rotatable bonds is 2. The first kappa shape index (κ1) is 12.5. The van der Waals surface area contributed by atoms with E-state index in [-0.39, 0.29) is 11.7 Å². The molecule has 1 saturated heterocycles. The van der Waals surface area contributed by atoms with Crippen molar-refractivity contribution in [3.8, 4) is 0 Å². The largest absolute Gasteiger partial charge is 0.365 e. The van der Waals surface area contributed by atoms with E-state index < -0.39 is 11.6 Å². The van der Waals surface area contributed by atoms with Gasteiger partial charge in [0.25, 0.3) is 0 Å². The highest BCUT2D eigenvalue weighted by Gasteiger charge is 2.33. The van der Waals surface area contributed by atoms with Gasteiger partial charge in [-0.05, 0) is 19.4 Å². The van der Waals surface area contributed by atoms with Crippen LogP contribution in [0.15, 0.2) is 18.2 Å². The van der Waals surface area contributed by atoms with Gasteiger partial charge in [-0.15, -0.1) is 0 Å². The summed E-state index contributed by atoms with van der Waals surface area (Å²) in [6, 6.07) is 3.62. The SMILES string of the molecule is CCC1(C)CNCC(c2ccc(F)cc2F)O1. The second-order valence-corrected chi connectivity index (χ2v) is 4.71. The van der Waals surface area contributed by atoms with Crippen molar-refractivity contribution < 1.29 is 13.5 Å². The molecule has 2 atom stereocenters. The van der Waals surface area contributed by atoms with E-state index >= 15 is 0 Å². The minimum atomic E-state index is -0.562. The number of nitrogens with one attached hydrogen (secondary N) is 1. The summed E-state index contributed by atoms with van der Waals surface area (Å²) in [5.41, 5.74) is 0.127. The molecule has 1 aliphatic rings. The van der Waals surface area contributed by atoms with Crippen LogP contribution in [0.1, 0.15) is 31.9 Å². The van der Waals surface area contributed by atoms with E-state index in [1.165, 1.54) is 12.1 Å². The van der Waals surface area contributed by atoms with Crippen LogP contribution >= 0.6 is 0 Å². The molecule has 0 spiro atoms. The van der Waals surface area contributed by atoms with Crippen LogP contribution in [-0.2, 0) is 4.74 Å². The fraction of sp³-hybridized carbons (Fsp3) is 0.538. The Labute approximate surface area is 100.0 Å². The Morgan fingerprint density at radius 2 is 2.24 bits per heavy atom. The Morgan fingerprint density at radius 3 is 2.88 bits per heavy atom. The molecule has 2 nitrogen and oxygen atoms in total. The van der Waals surface area contributed by atoms with Gasteiger partial charge in [0.2, 0.25) is 0 Å². The number of morpholine rings is 1. The van der Waals surface area contributed by atoms with Gasteiger partial charge < -0.3 is 10.1 Å². The molecule has 0 saturated carbocycles. The van der Waals surface area contributed by atoms with Gasteiger partial charge in [0, 0.05) is 24.7 Å². The van der Waals surface area contributed by atoms with Crippen LogP contribution in [0.4, 0.5) is 8.78 Å². The number of benzene rings is 1. The van der Waals surface area contributed by atoms with E-state index in [1.807, 2.05) is 13.8 Å². The van der Waals surface area contributed by atoms with E-state index in [2.05, 4.69) is 5.32 Å². The normalized spacial score (nSPS) is 29.3. The van der Waals surface area contributed by atoms with Gasteiger partial charge >= 0.3 is 0 Å². The third-order valence-electron chi connectivity index (χ3n) is 3.31. The number of hydrogen-bond acceptors (Lipinski definition) is 2. The monoisotopic (exact) mass is 241 g/mol. The van der Waals surface area contributed by atoms with E-state index in [4.69, 9.17) is 4.74 Å². The molecule has 1 aromatic carbocycles. The fourth-order valence-electron chi connectivity index (χ4n) is 2.04. The van der Waals surface area contributed by atoms with Crippen LogP contribution < -0.4 is 5.32 Å². The topological polar surface area (TPSA) is 21.3 Å². The zero-order valence-electron chi connectivity index (χ0n) is 10.1. The maximum atomic E-state index is 13.6. The van der Waals surface area contributed by atoms with Crippen LogP contribution in [0.5, 0.6) is 0 Å². The maximum absolute atomic E-state index is 13.6. The third-order valence-corrected chi connectivity index (χ3v) is 3.31. The van der Waals surface area contributed by atoms with Gasteiger partial charge in [0.05, 0.1) is 11.7 Å². The van der Waals surface area contributed by atoms with Crippen molar-refractivity contribution in [2.45, 2.75) is 32.0 Å². The highest BCUT2D eigenvalue weighted by Crippen LogP contribution is 2.30. The predicted molar refractivity (Wildman–Crippen MR) is 61.7 cm³/mol. The summed E-state index contributed by atoms with van der Waals surface area (Å²) in [6.07, 6.45) is 0.494. The van der Waals surface area contributed by atoms with Crippen LogP contribution in [0.2, 0.25) is 0 Å². The smallest absolute Gasteiger partial charge is 0.131 e. The van der Waals surface area contributed by atoms with Crippen molar-refractivity contribution in [3.63, 3.8) is 0 Å². The molecular formula is C13H17F2NO. The van der Waals surface area contributed by atoms with Gasteiger partial charge in [0.1, 0.15) is 11.6 Å². The Balaban J connectivity index is 2.22. The third kappa shape index (κ3) is 2.64. The van der Waals surface area contributed by atoms with Crippen LogP contribution in [0.3, 0.4) is 0 Å². The van der Waals surface area contributed by atoms with Gasteiger partial charge in [-0.3, -0.25) is 0 Å². The van der Waals surface area contributed by atoms with Crippen molar-refractivity contribution in [1.29, 1.82) is 0 Å². The van der Waals surface area contributed by atoms with E-state index in [0.29, 0.717) is 12.1 Å². The lowest BCUT2D eigenvalue weighted by molar-refractivity contribution is -0.110. The summed E-state index contributed by atoms with van der Waals surface area (Å²) >= 11 is 0. The summed E-state index contributed by atoms with van der Waals surface area (Å²) in [5.74, 6) is -1.11. The van der Waals surface area contributed by atoms with Crippen molar-refractivity contribution in [2.75, 3.05) is 13.1 Å². The lowest BCUT2D eigenvalue weighted by atomic mass is 9.98. The first-order valence-corrected chi connectivity index (χ1v) is 5.87. The van der Waals surface area contributed by atoms with Gasteiger partial charge in [-0.1, -0.05) is 13.0 Å². The first-order chi connectivity index (χ1) is 8.04. The zero-order chi connectivity index (χ0) is 12.5. The quantitative estimate of drug-likeness (QED) is 0.859. The molecule has 94 valence electrons.